The number of carbonyl (C=O) groups is 1. The summed E-state index contributed by atoms with van der Waals surface area (Å²) < 4.78 is 29.2. The fraction of sp³-hybridized carbons (Fsp3) is 0.320. The minimum atomic E-state index is -3.58. The van der Waals surface area contributed by atoms with Gasteiger partial charge in [0.25, 0.3) is 0 Å². The summed E-state index contributed by atoms with van der Waals surface area (Å²) in [6.07, 6.45) is 0.831. The molecule has 2 heterocycles. The van der Waals surface area contributed by atoms with E-state index in [0.29, 0.717) is 12.8 Å². The molecule has 2 aromatic carbocycles. The lowest BCUT2D eigenvalue weighted by atomic mass is 10.1. The fourth-order valence-electron chi connectivity index (χ4n) is 4.07. The van der Waals surface area contributed by atoms with Crippen molar-refractivity contribution >= 4 is 32.5 Å². The molecule has 4 aromatic rings. The van der Waals surface area contributed by atoms with Crippen molar-refractivity contribution < 1.29 is 13.2 Å². The normalized spacial score (nSPS) is 12.0. The Morgan fingerprint density at radius 1 is 1.09 bits per heavy atom. The maximum Gasteiger partial charge on any atom is 0.240 e. The third-order valence-electron chi connectivity index (χ3n) is 5.71. The molecular formula is C25H29N5O3S. The highest BCUT2D eigenvalue weighted by Crippen LogP contribution is 2.23. The zero-order valence-corrected chi connectivity index (χ0v) is 20.6. The van der Waals surface area contributed by atoms with E-state index >= 15 is 0 Å². The van der Waals surface area contributed by atoms with Gasteiger partial charge in [-0.25, -0.2) is 22.6 Å². The van der Waals surface area contributed by atoms with Crippen LogP contribution in [0.5, 0.6) is 0 Å². The zero-order valence-electron chi connectivity index (χ0n) is 19.8. The lowest BCUT2D eigenvalue weighted by Crippen LogP contribution is -2.30. The Hall–Kier alpha value is -3.30. The summed E-state index contributed by atoms with van der Waals surface area (Å²) >= 11 is 0. The van der Waals surface area contributed by atoms with Crippen molar-refractivity contribution in [2.75, 3.05) is 0 Å². The molecule has 2 N–H and O–H groups in total. The summed E-state index contributed by atoms with van der Waals surface area (Å²) in [4.78, 5) is 17.5. The Labute approximate surface area is 199 Å². The Bertz CT molecular complexity index is 1470. The monoisotopic (exact) mass is 479 g/mol. The summed E-state index contributed by atoms with van der Waals surface area (Å²) in [6.45, 7) is 7.75. The zero-order chi connectivity index (χ0) is 24.5. The number of aryl methyl sites for hydroxylation is 2. The maximum absolute atomic E-state index is 12.6. The van der Waals surface area contributed by atoms with Crippen molar-refractivity contribution in [3.63, 3.8) is 0 Å². The minimum Gasteiger partial charge on any atom is -0.352 e. The molecule has 2 aromatic heterocycles. The summed E-state index contributed by atoms with van der Waals surface area (Å²) in [7, 11) is -3.58. The van der Waals surface area contributed by atoms with Crippen LogP contribution in [0.2, 0.25) is 0 Å². The number of nitrogens with zero attached hydrogens (tertiary/aromatic N) is 3. The van der Waals surface area contributed by atoms with E-state index in [4.69, 9.17) is 4.98 Å². The van der Waals surface area contributed by atoms with Crippen LogP contribution in [0.1, 0.15) is 42.8 Å². The van der Waals surface area contributed by atoms with E-state index in [1.54, 1.807) is 38.1 Å². The molecule has 0 unspecified atom stereocenters. The van der Waals surface area contributed by atoms with E-state index in [2.05, 4.69) is 15.1 Å². The van der Waals surface area contributed by atoms with Crippen molar-refractivity contribution in [2.24, 2.45) is 0 Å². The van der Waals surface area contributed by atoms with Crippen LogP contribution in [0.3, 0.4) is 0 Å². The van der Waals surface area contributed by atoms with Crippen LogP contribution in [-0.2, 0) is 27.8 Å². The number of amides is 1. The molecular weight excluding hydrogens is 450 g/mol. The molecule has 0 saturated carbocycles. The second kappa shape index (κ2) is 9.52. The van der Waals surface area contributed by atoms with Gasteiger partial charge in [-0.1, -0.05) is 24.3 Å². The number of sulfonamides is 1. The first-order valence-electron chi connectivity index (χ1n) is 11.3. The molecule has 1 amide bonds. The first-order chi connectivity index (χ1) is 16.2. The van der Waals surface area contributed by atoms with Crippen LogP contribution in [-0.4, -0.2) is 35.0 Å². The largest absolute Gasteiger partial charge is 0.352 e. The van der Waals surface area contributed by atoms with Gasteiger partial charge in [-0.3, -0.25) is 4.79 Å². The van der Waals surface area contributed by atoms with Gasteiger partial charge in [-0.05, 0) is 69.5 Å². The predicted octanol–water partition coefficient (Wildman–Crippen LogP) is 3.44. The molecule has 0 fully saturated rings. The molecule has 4 rings (SSSR count). The molecule has 8 nitrogen and oxygen atoms in total. The van der Waals surface area contributed by atoms with E-state index in [1.807, 2.05) is 42.6 Å². The van der Waals surface area contributed by atoms with Crippen LogP contribution >= 0.6 is 0 Å². The Kier molecular flexibility index (Phi) is 6.67. The summed E-state index contributed by atoms with van der Waals surface area (Å²) in [5, 5.41) is 8.56. The molecule has 9 heteroatoms. The Balaban J connectivity index is 1.43. The summed E-state index contributed by atoms with van der Waals surface area (Å²) in [5.41, 5.74) is 5.30. The van der Waals surface area contributed by atoms with Crippen molar-refractivity contribution in [2.45, 2.75) is 58.0 Å². The number of carbonyl (C=O) groups excluding carboxylic acids is 1. The van der Waals surface area contributed by atoms with Gasteiger partial charge in [0.1, 0.15) is 0 Å². The molecule has 0 spiro atoms. The van der Waals surface area contributed by atoms with Gasteiger partial charge in [0.2, 0.25) is 15.9 Å². The van der Waals surface area contributed by atoms with E-state index in [1.165, 1.54) is 0 Å². The van der Waals surface area contributed by atoms with Crippen molar-refractivity contribution in [1.29, 1.82) is 0 Å². The quantitative estimate of drug-likeness (QED) is 0.403. The topological polar surface area (TPSA) is 105 Å². The van der Waals surface area contributed by atoms with Crippen molar-refractivity contribution in [1.82, 2.24) is 24.6 Å². The number of aromatic nitrogens is 3. The number of rotatable bonds is 8. The van der Waals surface area contributed by atoms with E-state index in [-0.39, 0.29) is 23.4 Å². The van der Waals surface area contributed by atoms with Gasteiger partial charge in [-0.15, -0.1) is 0 Å². The molecule has 0 bridgehead atoms. The molecule has 0 saturated heterocycles. The van der Waals surface area contributed by atoms with Crippen LogP contribution < -0.4 is 10.0 Å². The van der Waals surface area contributed by atoms with Gasteiger partial charge < -0.3 is 5.32 Å². The van der Waals surface area contributed by atoms with Gasteiger partial charge in [0.15, 0.2) is 5.65 Å². The first kappa shape index (κ1) is 23.8. The molecule has 0 radical (unpaired) electrons. The maximum atomic E-state index is 12.6. The number of nitrogens with one attached hydrogen (secondary N) is 2. The molecule has 0 aliphatic rings. The second-order valence-corrected chi connectivity index (χ2v) is 10.4. The van der Waals surface area contributed by atoms with Crippen LogP contribution in [0.4, 0.5) is 0 Å². The van der Waals surface area contributed by atoms with Gasteiger partial charge >= 0.3 is 0 Å². The van der Waals surface area contributed by atoms with E-state index < -0.39 is 10.0 Å². The second-order valence-electron chi connectivity index (χ2n) is 8.71. The highest BCUT2D eigenvalue weighted by Gasteiger charge is 2.17. The number of benzene rings is 2. The number of hydrogen-bond donors (Lipinski definition) is 2. The minimum absolute atomic E-state index is 0.113. The average Bonchev–Trinajstić information content (AvgIpc) is 3.16. The average molecular weight is 480 g/mol. The van der Waals surface area contributed by atoms with Crippen LogP contribution in [0.25, 0.3) is 16.6 Å². The molecule has 0 atom stereocenters. The fourth-order valence-corrected chi connectivity index (χ4v) is 5.39. The van der Waals surface area contributed by atoms with Gasteiger partial charge in [0.05, 0.1) is 10.4 Å². The first-order valence-corrected chi connectivity index (χ1v) is 12.8. The van der Waals surface area contributed by atoms with E-state index in [0.717, 1.165) is 39.1 Å². The molecule has 34 heavy (non-hydrogen) atoms. The van der Waals surface area contributed by atoms with Gasteiger partial charge in [-0.2, -0.15) is 5.10 Å². The number of fused-ring (bicyclic) bond motifs is 3. The highest BCUT2D eigenvalue weighted by molar-refractivity contribution is 7.89. The smallest absolute Gasteiger partial charge is 0.240 e. The lowest BCUT2D eigenvalue weighted by Gasteiger charge is -2.12. The van der Waals surface area contributed by atoms with Crippen molar-refractivity contribution in [3.8, 4) is 0 Å². The molecule has 0 aliphatic carbocycles. The Morgan fingerprint density at radius 2 is 1.85 bits per heavy atom. The number of hydrogen-bond acceptors (Lipinski definition) is 5. The van der Waals surface area contributed by atoms with E-state index in [9.17, 15) is 13.2 Å². The third-order valence-corrected chi connectivity index (χ3v) is 7.37. The summed E-state index contributed by atoms with van der Waals surface area (Å²) in [5.74, 6) is -0.113. The highest BCUT2D eigenvalue weighted by atomic mass is 32.2. The molecule has 178 valence electrons. The van der Waals surface area contributed by atoms with Crippen LogP contribution in [0, 0.1) is 13.8 Å². The van der Waals surface area contributed by atoms with Gasteiger partial charge in [0, 0.05) is 35.8 Å². The Morgan fingerprint density at radius 3 is 2.62 bits per heavy atom. The SMILES string of the molecule is Cc1nc2c3ccccc3nn2c(C)c1CCC(=O)NCc1cccc(S(=O)(=O)NC(C)C)c1. The van der Waals surface area contributed by atoms with Crippen LogP contribution in [0.15, 0.2) is 53.4 Å². The predicted molar refractivity (Wildman–Crippen MR) is 132 cm³/mol. The third kappa shape index (κ3) is 4.95. The lowest BCUT2D eigenvalue weighted by molar-refractivity contribution is -0.121. The summed E-state index contributed by atoms with van der Waals surface area (Å²) in [6, 6.07) is 14.3. The van der Waals surface area contributed by atoms with Crippen molar-refractivity contribution in [3.05, 3.63) is 71.0 Å². The molecule has 0 aliphatic heterocycles. The standard InChI is InChI=1S/C25H29N5O3S/c1-16(2)29-34(32,33)20-9-7-8-19(14-20)15-26-24(31)13-12-21-17(3)27-25-22-10-5-6-11-23(22)28-30(25)18(21)4/h5-11,14,16,29H,12-13,15H2,1-4H3,(H,26,31).